The standard InChI is InChI=1S/C17H32N2/c1-2-4-6-9-15-13-17(15)18-14-16-10-8-12-19(16)11-7-5-3-1/h15-18H,1-14H2. The quantitative estimate of drug-likeness (QED) is 0.719. The lowest BCUT2D eigenvalue weighted by Crippen LogP contribution is -2.39. The second-order valence-corrected chi connectivity index (χ2v) is 7.11. The Balaban J connectivity index is 1.47. The number of fused-ring (bicyclic) bond motifs is 2. The van der Waals surface area contributed by atoms with Crippen molar-refractivity contribution < 1.29 is 0 Å². The minimum Gasteiger partial charge on any atom is -0.312 e. The smallest absolute Gasteiger partial charge is 0.0221 e. The summed E-state index contributed by atoms with van der Waals surface area (Å²) in [6.07, 6.45) is 16.1. The van der Waals surface area contributed by atoms with Crippen molar-refractivity contribution in [1.82, 2.24) is 10.2 Å². The molecule has 0 aromatic heterocycles. The number of nitrogens with zero attached hydrogens (tertiary/aromatic N) is 1. The lowest BCUT2D eigenvalue weighted by Gasteiger charge is -2.24. The van der Waals surface area contributed by atoms with Crippen molar-refractivity contribution in [3.8, 4) is 0 Å². The molecule has 0 aromatic rings. The zero-order chi connectivity index (χ0) is 12.9. The summed E-state index contributed by atoms with van der Waals surface area (Å²) in [5, 5.41) is 3.86. The van der Waals surface area contributed by atoms with E-state index in [0.29, 0.717) is 0 Å². The Morgan fingerprint density at radius 3 is 2.37 bits per heavy atom. The van der Waals surface area contributed by atoms with E-state index in [-0.39, 0.29) is 0 Å². The van der Waals surface area contributed by atoms with Gasteiger partial charge >= 0.3 is 0 Å². The van der Waals surface area contributed by atoms with Gasteiger partial charge in [-0.25, -0.2) is 0 Å². The maximum atomic E-state index is 3.86. The first-order chi connectivity index (χ1) is 9.43. The van der Waals surface area contributed by atoms with Crippen LogP contribution in [0.1, 0.15) is 70.6 Å². The van der Waals surface area contributed by atoms with Gasteiger partial charge < -0.3 is 5.32 Å². The molecule has 1 aliphatic carbocycles. The highest BCUT2D eigenvalue weighted by molar-refractivity contribution is 4.94. The third-order valence-electron chi connectivity index (χ3n) is 5.56. The monoisotopic (exact) mass is 264 g/mol. The fourth-order valence-corrected chi connectivity index (χ4v) is 4.13. The molecular formula is C17H32N2. The van der Waals surface area contributed by atoms with Crippen LogP contribution in [-0.4, -0.2) is 36.6 Å². The molecule has 110 valence electrons. The Hall–Kier alpha value is -0.0800. The summed E-state index contributed by atoms with van der Waals surface area (Å²) < 4.78 is 0. The third-order valence-corrected chi connectivity index (χ3v) is 5.56. The van der Waals surface area contributed by atoms with E-state index in [9.17, 15) is 0 Å². The lowest BCUT2D eigenvalue weighted by molar-refractivity contribution is 0.241. The molecule has 3 unspecified atom stereocenters. The number of nitrogens with one attached hydrogen (secondary N) is 1. The van der Waals surface area contributed by atoms with E-state index in [1.165, 1.54) is 90.3 Å². The molecule has 3 rings (SSSR count). The molecule has 2 aliphatic heterocycles. The molecule has 2 heteroatoms. The van der Waals surface area contributed by atoms with E-state index in [1.807, 2.05) is 0 Å². The van der Waals surface area contributed by atoms with Crippen LogP contribution in [0.5, 0.6) is 0 Å². The fourth-order valence-electron chi connectivity index (χ4n) is 4.13. The molecule has 3 aliphatic rings. The van der Waals surface area contributed by atoms with Crippen molar-refractivity contribution in [2.45, 2.75) is 82.7 Å². The van der Waals surface area contributed by atoms with Crippen molar-refractivity contribution in [2.24, 2.45) is 5.92 Å². The third kappa shape index (κ3) is 4.19. The summed E-state index contributed by atoms with van der Waals surface area (Å²) in [7, 11) is 0. The van der Waals surface area contributed by atoms with Crippen LogP contribution in [0.2, 0.25) is 0 Å². The molecule has 0 bridgehead atoms. The van der Waals surface area contributed by atoms with Gasteiger partial charge in [0.1, 0.15) is 0 Å². The summed E-state index contributed by atoms with van der Waals surface area (Å²) in [6.45, 7) is 3.99. The predicted octanol–water partition coefficient (Wildman–Crippen LogP) is 3.56. The van der Waals surface area contributed by atoms with Gasteiger partial charge in [0.15, 0.2) is 0 Å². The first kappa shape index (κ1) is 13.9. The van der Waals surface area contributed by atoms with Gasteiger partial charge in [-0.05, 0) is 51.1 Å². The van der Waals surface area contributed by atoms with Crippen LogP contribution < -0.4 is 5.32 Å². The van der Waals surface area contributed by atoms with Gasteiger partial charge in [-0.1, -0.05) is 38.5 Å². The van der Waals surface area contributed by atoms with Crippen molar-refractivity contribution in [3.63, 3.8) is 0 Å². The predicted molar refractivity (Wildman–Crippen MR) is 81.4 cm³/mol. The van der Waals surface area contributed by atoms with Crippen LogP contribution in [0.4, 0.5) is 0 Å². The van der Waals surface area contributed by atoms with Gasteiger partial charge in [0.25, 0.3) is 0 Å². The minimum atomic E-state index is 0.853. The second-order valence-electron chi connectivity index (χ2n) is 7.11. The molecule has 3 fully saturated rings. The highest BCUT2D eigenvalue weighted by Crippen LogP contribution is 2.35. The normalized spacial score (nSPS) is 38.8. The molecule has 1 saturated carbocycles. The molecule has 0 amide bonds. The van der Waals surface area contributed by atoms with E-state index >= 15 is 0 Å². The van der Waals surface area contributed by atoms with E-state index in [4.69, 9.17) is 0 Å². The molecule has 2 heterocycles. The first-order valence-corrected chi connectivity index (χ1v) is 8.91. The van der Waals surface area contributed by atoms with Gasteiger partial charge in [0, 0.05) is 18.6 Å². The van der Waals surface area contributed by atoms with Crippen molar-refractivity contribution in [3.05, 3.63) is 0 Å². The maximum absolute atomic E-state index is 3.86. The summed E-state index contributed by atoms with van der Waals surface area (Å²) in [5.41, 5.74) is 0. The molecule has 1 N–H and O–H groups in total. The van der Waals surface area contributed by atoms with E-state index in [2.05, 4.69) is 10.2 Å². The van der Waals surface area contributed by atoms with Crippen LogP contribution in [-0.2, 0) is 0 Å². The van der Waals surface area contributed by atoms with Crippen LogP contribution in [0.3, 0.4) is 0 Å². The average molecular weight is 264 g/mol. The van der Waals surface area contributed by atoms with Gasteiger partial charge in [-0.3, -0.25) is 4.90 Å². The molecule has 3 atom stereocenters. The molecule has 0 aromatic carbocycles. The summed E-state index contributed by atoms with van der Waals surface area (Å²) >= 11 is 0. The second kappa shape index (κ2) is 7.08. The molecule has 2 saturated heterocycles. The molecular weight excluding hydrogens is 232 g/mol. The van der Waals surface area contributed by atoms with Crippen LogP contribution in [0.25, 0.3) is 0 Å². The largest absolute Gasteiger partial charge is 0.312 e. The Labute approximate surface area is 119 Å². The Morgan fingerprint density at radius 1 is 0.737 bits per heavy atom. The van der Waals surface area contributed by atoms with Crippen LogP contribution in [0.15, 0.2) is 0 Å². The molecule has 2 nitrogen and oxygen atoms in total. The van der Waals surface area contributed by atoms with E-state index in [0.717, 1.165) is 18.0 Å². The maximum Gasteiger partial charge on any atom is 0.0221 e. The molecule has 0 spiro atoms. The number of hydrogen-bond acceptors (Lipinski definition) is 2. The minimum absolute atomic E-state index is 0.853. The Kier molecular flexibility index (Phi) is 5.17. The lowest BCUT2D eigenvalue weighted by atomic mass is 10.1. The van der Waals surface area contributed by atoms with Crippen molar-refractivity contribution in [2.75, 3.05) is 19.6 Å². The Bertz CT molecular complexity index is 266. The summed E-state index contributed by atoms with van der Waals surface area (Å²) in [6, 6.07) is 1.74. The Morgan fingerprint density at radius 2 is 1.47 bits per heavy atom. The highest BCUT2D eigenvalue weighted by atomic mass is 15.2. The number of hydrogen-bond donors (Lipinski definition) is 1. The molecule has 19 heavy (non-hydrogen) atoms. The topological polar surface area (TPSA) is 15.3 Å². The average Bonchev–Trinajstić information content (AvgIpc) is 3.01. The van der Waals surface area contributed by atoms with Gasteiger partial charge in [-0.15, -0.1) is 0 Å². The van der Waals surface area contributed by atoms with E-state index < -0.39 is 0 Å². The van der Waals surface area contributed by atoms with Gasteiger partial charge in [0.05, 0.1) is 0 Å². The summed E-state index contributed by atoms with van der Waals surface area (Å²) in [4.78, 5) is 2.77. The van der Waals surface area contributed by atoms with Crippen molar-refractivity contribution in [1.29, 1.82) is 0 Å². The van der Waals surface area contributed by atoms with Gasteiger partial charge in [-0.2, -0.15) is 0 Å². The van der Waals surface area contributed by atoms with Crippen LogP contribution in [0, 0.1) is 5.92 Å². The van der Waals surface area contributed by atoms with Crippen molar-refractivity contribution >= 4 is 0 Å². The fraction of sp³-hybridized carbons (Fsp3) is 1.00. The molecule has 0 radical (unpaired) electrons. The zero-order valence-corrected chi connectivity index (χ0v) is 12.6. The highest BCUT2D eigenvalue weighted by Gasteiger charge is 2.36. The first-order valence-electron chi connectivity index (χ1n) is 8.91. The zero-order valence-electron chi connectivity index (χ0n) is 12.6. The van der Waals surface area contributed by atoms with E-state index in [1.54, 1.807) is 0 Å². The SMILES string of the molecule is C1CCCCC2CC2NCC2CCCN2CCCC1. The van der Waals surface area contributed by atoms with Crippen LogP contribution >= 0.6 is 0 Å². The van der Waals surface area contributed by atoms with Gasteiger partial charge in [0.2, 0.25) is 0 Å². The number of rotatable bonds is 0. The summed E-state index contributed by atoms with van der Waals surface area (Å²) in [5.74, 6) is 1.03.